The molecule has 2 aromatic carbocycles. The number of hydrogen-bond donors (Lipinski definition) is 2. The number of carbonyl (C=O) groups is 3. The van der Waals surface area contributed by atoms with Crippen molar-refractivity contribution in [1.29, 1.82) is 0 Å². The Bertz CT molecular complexity index is 914. The Labute approximate surface area is 146 Å². The first kappa shape index (κ1) is 16.2. The standard InChI is InChI=1S/C17H9Cl2NO4/c18-8-5-9(19)7-10(6-8)20-17(24)13-14(21)11-3-1-2-4-12(11)15(22)16(13)23/h1-7,21H,(H,20,24). The van der Waals surface area contributed by atoms with Crippen LogP contribution in [0.25, 0.3) is 5.76 Å². The van der Waals surface area contributed by atoms with E-state index in [0.717, 1.165) is 0 Å². The molecule has 0 aliphatic heterocycles. The van der Waals surface area contributed by atoms with Gasteiger partial charge in [-0.15, -0.1) is 0 Å². The van der Waals surface area contributed by atoms with Gasteiger partial charge in [-0.25, -0.2) is 0 Å². The van der Waals surface area contributed by atoms with Crippen molar-refractivity contribution in [1.82, 2.24) is 0 Å². The molecule has 0 bridgehead atoms. The summed E-state index contributed by atoms with van der Waals surface area (Å²) >= 11 is 11.7. The van der Waals surface area contributed by atoms with E-state index in [1.54, 1.807) is 12.1 Å². The van der Waals surface area contributed by atoms with E-state index in [-0.39, 0.29) is 26.9 Å². The topological polar surface area (TPSA) is 83.5 Å². The summed E-state index contributed by atoms with van der Waals surface area (Å²) in [4.78, 5) is 36.7. The van der Waals surface area contributed by atoms with E-state index in [1.165, 1.54) is 30.3 Å². The molecule has 0 heterocycles. The summed E-state index contributed by atoms with van der Waals surface area (Å²) in [6.45, 7) is 0. The number of hydrogen-bond acceptors (Lipinski definition) is 4. The van der Waals surface area contributed by atoms with Crippen molar-refractivity contribution in [3.05, 3.63) is 69.2 Å². The number of aliphatic hydroxyl groups excluding tert-OH is 1. The molecule has 0 atom stereocenters. The number of anilines is 1. The van der Waals surface area contributed by atoms with Crippen LogP contribution >= 0.6 is 23.2 Å². The van der Waals surface area contributed by atoms with Crippen LogP contribution in [-0.4, -0.2) is 22.6 Å². The number of nitrogens with one attached hydrogen (secondary N) is 1. The fraction of sp³-hybridized carbons (Fsp3) is 0. The van der Waals surface area contributed by atoms with Gasteiger partial charge in [0.1, 0.15) is 11.3 Å². The molecule has 0 spiro atoms. The Hall–Kier alpha value is -2.63. The molecule has 0 saturated heterocycles. The smallest absolute Gasteiger partial charge is 0.263 e. The summed E-state index contributed by atoms with van der Waals surface area (Å²) in [6, 6.07) is 10.3. The molecule has 2 N–H and O–H groups in total. The number of fused-ring (bicyclic) bond motifs is 1. The third-order valence-corrected chi connectivity index (χ3v) is 3.88. The Balaban J connectivity index is 2.03. The molecule has 1 aliphatic carbocycles. The first-order valence-corrected chi connectivity index (χ1v) is 7.53. The summed E-state index contributed by atoms with van der Waals surface area (Å²) in [5.41, 5.74) is -0.189. The molecular formula is C17H9Cl2NO4. The molecule has 24 heavy (non-hydrogen) atoms. The molecule has 0 unspecified atom stereocenters. The van der Waals surface area contributed by atoms with E-state index in [9.17, 15) is 19.5 Å². The second-order valence-corrected chi connectivity index (χ2v) is 5.91. The van der Waals surface area contributed by atoms with Crippen LogP contribution < -0.4 is 5.32 Å². The monoisotopic (exact) mass is 361 g/mol. The summed E-state index contributed by atoms with van der Waals surface area (Å²) in [5.74, 6) is -3.38. The van der Waals surface area contributed by atoms with Crippen molar-refractivity contribution in [3.63, 3.8) is 0 Å². The minimum atomic E-state index is -1.07. The normalized spacial score (nSPS) is 13.8. The molecular weight excluding hydrogens is 353 g/mol. The van der Waals surface area contributed by atoms with Gasteiger partial charge in [-0.1, -0.05) is 47.5 Å². The zero-order valence-corrected chi connectivity index (χ0v) is 13.5. The highest BCUT2D eigenvalue weighted by Crippen LogP contribution is 2.29. The number of aliphatic hydroxyl groups is 1. The van der Waals surface area contributed by atoms with Crippen LogP contribution in [0.4, 0.5) is 5.69 Å². The van der Waals surface area contributed by atoms with Gasteiger partial charge in [0, 0.05) is 26.9 Å². The number of amides is 1. The highest BCUT2D eigenvalue weighted by atomic mass is 35.5. The maximum Gasteiger partial charge on any atom is 0.263 e. The van der Waals surface area contributed by atoms with Gasteiger partial charge in [-0.05, 0) is 18.2 Å². The average molecular weight is 362 g/mol. The quantitative estimate of drug-likeness (QED) is 0.631. The molecule has 1 aliphatic rings. The van der Waals surface area contributed by atoms with Crippen LogP contribution in [0.15, 0.2) is 48.0 Å². The summed E-state index contributed by atoms with van der Waals surface area (Å²) < 4.78 is 0. The third kappa shape index (κ3) is 2.79. The van der Waals surface area contributed by atoms with Crippen molar-refractivity contribution in [2.75, 3.05) is 5.32 Å². The van der Waals surface area contributed by atoms with Gasteiger partial charge in [0.25, 0.3) is 5.91 Å². The molecule has 0 saturated carbocycles. The minimum Gasteiger partial charge on any atom is -0.506 e. The predicted molar refractivity (Wildman–Crippen MR) is 90.4 cm³/mol. The van der Waals surface area contributed by atoms with Crippen LogP contribution in [0.5, 0.6) is 0 Å². The van der Waals surface area contributed by atoms with E-state index in [2.05, 4.69) is 5.32 Å². The Morgan fingerprint density at radius 3 is 2.12 bits per heavy atom. The van der Waals surface area contributed by atoms with Crippen molar-refractivity contribution in [2.45, 2.75) is 0 Å². The van der Waals surface area contributed by atoms with Crippen LogP contribution in [-0.2, 0) is 9.59 Å². The number of ketones is 2. The maximum absolute atomic E-state index is 12.4. The molecule has 0 aromatic heterocycles. The fourth-order valence-corrected chi connectivity index (χ4v) is 2.92. The largest absolute Gasteiger partial charge is 0.506 e. The molecule has 3 rings (SSSR count). The lowest BCUT2D eigenvalue weighted by Gasteiger charge is -2.17. The Morgan fingerprint density at radius 1 is 0.917 bits per heavy atom. The van der Waals surface area contributed by atoms with E-state index < -0.39 is 28.8 Å². The van der Waals surface area contributed by atoms with E-state index in [0.29, 0.717) is 0 Å². The zero-order valence-electron chi connectivity index (χ0n) is 12.0. The molecule has 7 heteroatoms. The molecule has 120 valence electrons. The fourth-order valence-electron chi connectivity index (χ4n) is 2.40. The highest BCUT2D eigenvalue weighted by Gasteiger charge is 2.36. The average Bonchev–Trinajstić information content (AvgIpc) is 2.52. The molecule has 1 amide bonds. The summed E-state index contributed by atoms with van der Waals surface area (Å²) in [5, 5.41) is 13.2. The van der Waals surface area contributed by atoms with Crippen LogP contribution in [0.2, 0.25) is 10.0 Å². The Morgan fingerprint density at radius 2 is 1.50 bits per heavy atom. The lowest BCUT2D eigenvalue weighted by molar-refractivity contribution is -0.118. The number of carbonyl (C=O) groups excluding carboxylic acids is 3. The van der Waals surface area contributed by atoms with E-state index >= 15 is 0 Å². The highest BCUT2D eigenvalue weighted by molar-refractivity contribution is 6.58. The zero-order chi connectivity index (χ0) is 17.4. The van der Waals surface area contributed by atoms with E-state index in [4.69, 9.17) is 23.2 Å². The predicted octanol–water partition coefficient (Wildman–Crippen LogP) is 3.67. The van der Waals surface area contributed by atoms with E-state index in [1.807, 2.05) is 0 Å². The summed E-state index contributed by atoms with van der Waals surface area (Å²) in [6.07, 6.45) is 0. The first-order valence-electron chi connectivity index (χ1n) is 6.77. The summed E-state index contributed by atoms with van der Waals surface area (Å²) in [7, 11) is 0. The maximum atomic E-state index is 12.4. The van der Waals surface area contributed by atoms with Gasteiger partial charge in [0.15, 0.2) is 0 Å². The van der Waals surface area contributed by atoms with Gasteiger partial charge in [-0.3, -0.25) is 14.4 Å². The first-order chi connectivity index (χ1) is 11.4. The Kier molecular flexibility index (Phi) is 4.13. The molecule has 0 radical (unpaired) electrons. The second-order valence-electron chi connectivity index (χ2n) is 5.04. The number of halogens is 2. The molecule has 2 aromatic rings. The van der Waals surface area contributed by atoms with Crippen molar-refractivity contribution >= 4 is 52.1 Å². The van der Waals surface area contributed by atoms with Gasteiger partial charge in [0.2, 0.25) is 11.6 Å². The van der Waals surface area contributed by atoms with Gasteiger partial charge >= 0.3 is 0 Å². The second kappa shape index (κ2) is 6.11. The van der Waals surface area contributed by atoms with Gasteiger partial charge < -0.3 is 10.4 Å². The lowest BCUT2D eigenvalue weighted by atomic mass is 9.88. The molecule has 5 nitrogen and oxygen atoms in total. The van der Waals surface area contributed by atoms with Crippen molar-refractivity contribution < 1.29 is 19.5 Å². The van der Waals surface area contributed by atoms with Gasteiger partial charge in [-0.2, -0.15) is 0 Å². The number of benzene rings is 2. The number of Topliss-reactive ketones (excluding diaryl/α,β-unsaturated/α-hetero) is 2. The molecule has 0 fully saturated rings. The lowest BCUT2D eigenvalue weighted by Crippen LogP contribution is -2.31. The van der Waals surface area contributed by atoms with Crippen LogP contribution in [0, 0.1) is 0 Å². The van der Waals surface area contributed by atoms with Gasteiger partial charge in [0.05, 0.1) is 0 Å². The van der Waals surface area contributed by atoms with Crippen molar-refractivity contribution in [2.24, 2.45) is 0 Å². The van der Waals surface area contributed by atoms with Crippen molar-refractivity contribution in [3.8, 4) is 0 Å². The SMILES string of the molecule is O=C(Nc1cc(Cl)cc(Cl)c1)C1=C(O)c2ccccc2C(=O)C1=O. The van der Waals surface area contributed by atoms with Crippen LogP contribution in [0.1, 0.15) is 15.9 Å². The number of rotatable bonds is 2. The minimum absolute atomic E-state index is 0.0577. The third-order valence-electron chi connectivity index (χ3n) is 3.44. The van der Waals surface area contributed by atoms with Crippen LogP contribution in [0.3, 0.4) is 0 Å².